The van der Waals surface area contributed by atoms with Crippen LogP contribution in [-0.2, 0) is 4.79 Å². The third-order valence-electron chi connectivity index (χ3n) is 3.29. The summed E-state index contributed by atoms with van der Waals surface area (Å²) in [5.41, 5.74) is 1.02. The van der Waals surface area contributed by atoms with Crippen LogP contribution in [0, 0.1) is 0 Å². The van der Waals surface area contributed by atoms with Gasteiger partial charge in [0.05, 0.1) is 12.1 Å². The van der Waals surface area contributed by atoms with Crippen LogP contribution in [-0.4, -0.2) is 30.4 Å². The van der Waals surface area contributed by atoms with Crippen molar-refractivity contribution in [2.75, 3.05) is 18.4 Å². The van der Waals surface area contributed by atoms with Gasteiger partial charge >= 0.3 is 0 Å². The molecule has 0 saturated carbocycles. The van der Waals surface area contributed by atoms with Crippen molar-refractivity contribution in [1.82, 2.24) is 10.6 Å². The van der Waals surface area contributed by atoms with Crippen LogP contribution in [0.15, 0.2) is 18.2 Å². The molecular weight excluding hydrogens is 264 g/mol. The Bertz CT molecular complexity index is 489. The zero-order chi connectivity index (χ0) is 13.2. The van der Waals surface area contributed by atoms with Gasteiger partial charge in [0.15, 0.2) is 11.5 Å². The molecule has 0 spiro atoms. The molecule has 0 radical (unpaired) electrons. The van der Waals surface area contributed by atoms with Crippen molar-refractivity contribution in [3.05, 3.63) is 23.8 Å². The van der Waals surface area contributed by atoms with E-state index in [1.807, 2.05) is 25.1 Å². The van der Waals surface area contributed by atoms with Gasteiger partial charge in [-0.05, 0) is 24.6 Å². The van der Waals surface area contributed by atoms with E-state index in [0.29, 0.717) is 0 Å². The molecular formula is C13H16N2O3S. The summed E-state index contributed by atoms with van der Waals surface area (Å²) in [6.45, 7) is 2.24. The molecule has 3 rings (SSSR count). The largest absolute Gasteiger partial charge is 0.454 e. The summed E-state index contributed by atoms with van der Waals surface area (Å²) in [5, 5.41) is 6.18. The average molecular weight is 280 g/mol. The molecule has 1 amide bonds. The van der Waals surface area contributed by atoms with Crippen LogP contribution in [0.4, 0.5) is 0 Å². The SMILES string of the molecule is CC(NC(=O)C1CSCN1)c1ccc2c(c1)OCO2. The van der Waals surface area contributed by atoms with Crippen LogP contribution in [0.3, 0.4) is 0 Å². The number of carbonyl (C=O) groups excluding carboxylic acids is 1. The quantitative estimate of drug-likeness (QED) is 0.873. The highest BCUT2D eigenvalue weighted by Gasteiger charge is 2.24. The van der Waals surface area contributed by atoms with E-state index >= 15 is 0 Å². The minimum absolute atomic E-state index is 0.0469. The summed E-state index contributed by atoms with van der Waals surface area (Å²) >= 11 is 1.74. The van der Waals surface area contributed by atoms with E-state index in [1.54, 1.807) is 11.8 Å². The first kappa shape index (κ1) is 12.6. The number of hydrogen-bond acceptors (Lipinski definition) is 5. The normalized spacial score (nSPS) is 22.3. The van der Waals surface area contributed by atoms with Crippen LogP contribution in [0.1, 0.15) is 18.5 Å². The molecule has 2 atom stereocenters. The van der Waals surface area contributed by atoms with E-state index in [9.17, 15) is 4.79 Å². The number of ether oxygens (including phenoxy) is 2. The molecule has 2 aliphatic heterocycles. The number of benzene rings is 1. The first-order valence-electron chi connectivity index (χ1n) is 6.25. The molecule has 2 heterocycles. The molecule has 1 saturated heterocycles. The van der Waals surface area contributed by atoms with Crippen molar-refractivity contribution < 1.29 is 14.3 Å². The number of amides is 1. The predicted octanol–water partition coefficient (Wildman–Crippen LogP) is 1.25. The number of hydrogen-bond donors (Lipinski definition) is 2. The molecule has 2 aliphatic rings. The van der Waals surface area contributed by atoms with Crippen molar-refractivity contribution >= 4 is 17.7 Å². The second-order valence-corrected chi connectivity index (χ2v) is 5.65. The summed E-state index contributed by atoms with van der Waals surface area (Å²) in [6, 6.07) is 5.62. The minimum atomic E-state index is -0.0820. The first-order chi connectivity index (χ1) is 9.24. The van der Waals surface area contributed by atoms with Crippen molar-refractivity contribution in [2.45, 2.75) is 19.0 Å². The first-order valence-corrected chi connectivity index (χ1v) is 7.40. The average Bonchev–Trinajstić information content (AvgIpc) is 3.09. The van der Waals surface area contributed by atoms with Gasteiger partial charge in [0.1, 0.15) is 0 Å². The Morgan fingerprint density at radius 3 is 3.11 bits per heavy atom. The van der Waals surface area contributed by atoms with Gasteiger partial charge in [0.25, 0.3) is 0 Å². The topological polar surface area (TPSA) is 59.6 Å². The third-order valence-corrected chi connectivity index (χ3v) is 4.23. The van der Waals surface area contributed by atoms with Crippen molar-refractivity contribution in [2.24, 2.45) is 0 Å². The number of rotatable bonds is 3. The highest BCUT2D eigenvalue weighted by Crippen LogP contribution is 2.34. The summed E-state index contributed by atoms with van der Waals surface area (Å²) in [4.78, 5) is 12.0. The van der Waals surface area contributed by atoms with Crippen LogP contribution in [0.5, 0.6) is 11.5 Å². The summed E-state index contributed by atoms with van der Waals surface area (Å²) in [7, 11) is 0. The highest BCUT2D eigenvalue weighted by atomic mass is 32.2. The number of nitrogens with one attached hydrogen (secondary N) is 2. The Morgan fingerprint density at radius 1 is 1.47 bits per heavy atom. The standard InChI is InChI=1S/C13H16N2O3S/c1-8(15-13(16)10-5-19-6-14-10)9-2-3-11-12(4-9)18-7-17-11/h2-4,8,10,14H,5-7H2,1H3,(H,15,16). The van der Waals surface area contributed by atoms with Gasteiger partial charge in [-0.2, -0.15) is 0 Å². The zero-order valence-corrected chi connectivity index (χ0v) is 11.5. The minimum Gasteiger partial charge on any atom is -0.454 e. The van der Waals surface area contributed by atoms with Gasteiger partial charge in [-0.25, -0.2) is 0 Å². The molecule has 2 N–H and O–H groups in total. The van der Waals surface area contributed by atoms with Gasteiger partial charge in [-0.1, -0.05) is 6.07 Å². The molecule has 6 heteroatoms. The predicted molar refractivity (Wildman–Crippen MR) is 73.4 cm³/mol. The lowest BCUT2D eigenvalue weighted by Crippen LogP contribution is -2.42. The fraction of sp³-hybridized carbons (Fsp3) is 0.462. The molecule has 0 aliphatic carbocycles. The molecule has 1 aromatic rings. The lowest BCUT2D eigenvalue weighted by Gasteiger charge is -2.17. The van der Waals surface area contributed by atoms with Crippen LogP contribution in [0.2, 0.25) is 0 Å². The number of carbonyl (C=O) groups is 1. The van der Waals surface area contributed by atoms with E-state index in [1.165, 1.54) is 0 Å². The molecule has 1 fully saturated rings. The summed E-state index contributed by atoms with van der Waals surface area (Å²) < 4.78 is 10.6. The van der Waals surface area contributed by atoms with Gasteiger partial charge in [-0.15, -0.1) is 11.8 Å². The Hall–Kier alpha value is -1.40. The number of fused-ring (bicyclic) bond motifs is 1. The number of thioether (sulfide) groups is 1. The Morgan fingerprint density at radius 2 is 2.32 bits per heavy atom. The zero-order valence-electron chi connectivity index (χ0n) is 10.6. The van der Waals surface area contributed by atoms with Gasteiger partial charge in [0.2, 0.25) is 12.7 Å². The highest BCUT2D eigenvalue weighted by molar-refractivity contribution is 7.99. The van der Waals surface area contributed by atoms with Gasteiger partial charge < -0.3 is 14.8 Å². The lowest BCUT2D eigenvalue weighted by molar-refractivity contribution is -0.123. The molecule has 1 aromatic carbocycles. The fourth-order valence-electron chi connectivity index (χ4n) is 2.14. The van der Waals surface area contributed by atoms with E-state index in [-0.39, 0.29) is 24.8 Å². The van der Waals surface area contributed by atoms with Crippen LogP contribution < -0.4 is 20.1 Å². The smallest absolute Gasteiger partial charge is 0.238 e. The Labute approximate surface area is 116 Å². The maximum absolute atomic E-state index is 12.0. The molecule has 0 bridgehead atoms. The molecule has 102 valence electrons. The fourth-order valence-corrected chi connectivity index (χ4v) is 3.09. The van der Waals surface area contributed by atoms with Gasteiger partial charge in [-0.3, -0.25) is 10.1 Å². The molecule has 5 nitrogen and oxygen atoms in total. The van der Waals surface area contributed by atoms with E-state index in [2.05, 4.69) is 10.6 Å². The summed E-state index contributed by atoms with van der Waals surface area (Å²) in [5.74, 6) is 3.23. The lowest BCUT2D eigenvalue weighted by atomic mass is 10.1. The van der Waals surface area contributed by atoms with E-state index in [4.69, 9.17) is 9.47 Å². The van der Waals surface area contributed by atoms with Crippen molar-refractivity contribution in [1.29, 1.82) is 0 Å². The van der Waals surface area contributed by atoms with Crippen LogP contribution in [0.25, 0.3) is 0 Å². The molecule has 19 heavy (non-hydrogen) atoms. The van der Waals surface area contributed by atoms with Crippen LogP contribution >= 0.6 is 11.8 Å². The maximum Gasteiger partial charge on any atom is 0.238 e. The van der Waals surface area contributed by atoms with Crippen molar-refractivity contribution in [3.8, 4) is 11.5 Å². The maximum atomic E-state index is 12.0. The van der Waals surface area contributed by atoms with E-state index < -0.39 is 0 Å². The molecule has 0 aromatic heterocycles. The second-order valence-electron chi connectivity index (χ2n) is 4.61. The monoisotopic (exact) mass is 280 g/mol. The second kappa shape index (κ2) is 5.30. The Kier molecular flexibility index (Phi) is 3.52. The van der Waals surface area contributed by atoms with Crippen molar-refractivity contribution in [3.63, 3.8) is 0 Å². The molecule has 2 unspecified atom stereocenters. The summed E-state index contributed by atoms with van der Waals surface area (Å²) in [6.07, 6.45) is 0. The van der Waals surface area contributed by atoms with Gasteiger partial charge in [0, 0.05) is 11.6 Å². The van der Waals surface area contributed by atoms with E-state index in [0.717, 1.165) is 28.7 Å². The Balaban J connectivity index is 1.66. The third kappa shape index (κ3) is 2.64.